The van der Waals surface area contributed by atoms with Gasteiger partial charge < -0.3 is 5.32 Å². The molecule has 0 aliphatic carbocycles. The Morgan fingerprint density at radius 1 is 1.24 bits per heavy atom. The van der Waals surface area contributed by atoms with E-state index in [1.807, 2.05) is 0 Å². The summed E-state index contributed by atoms with van der Waals surface area (Å²) in [4.78, 5) is 19.1. The van der Waals surface area contributed by atoms with Crippen molar-refractivity contribution < 1.29 is 22.4 Å². The van der Waals surface area contributed by atoms with E-state index in [1.54, 1.807) is 0 Å². The van der Waals surface area contributed by atoms with E-state index in [9.17, 15) is 22.4 Å². The molecule has 0 fully saturated rings. The number of nitrogens with zero attached hydrogens (tertiary/aromatic N) is 2. The molecule has 110 valence electrons. The zero-order valence-corrected chi connectivity index (χ0v) is 10.8. The normalized spacial score (nSPS) is 11.3. The van der Waals surface area contributed by atoms with Crippen LogP contribution in [0, 0.1) is 5.82 Å². The number of hydrogen-bond acceptors (Lipinski definition) is 3. The number of rotatable bonds is 2. The van der Waals surface area contributed by atoms with Gasteiger partial charge in [-0.1, -0.05) is 11.6 Å². The zero-order chi connectivity index (χ0) is 15.6. The standard InChI is InChI=1S/C12H6ClF4N3O/c13-9-4-18-5-10(19-9)20-11(21)7-3-6(12(15,16)17)1-2-8(7)14/h1-5H,(H,19,20,21). The van der Waals surface area contributed by atoms with Crippen LogP contribution < -0.4 is 5.32 Å². The van der Waals surface area contributed by atoms with Gasteiger partial charge in [-0.3, -0.25) is 9.78 Å². The van der Waals surface area contributed by atoms with Crippen molar-refractivity contribution in [3.63, 3.8) is 0 Å². The summed E-state index contributed by atoms with van der Waals surface area (Å²) in [6.45, 7) is 0. The molecular weight excluding hydrogens is 314 g/mol. The number of nitrogens with one attached hydrogen (secondary N) is 1. The lowest BCUT2D eigenvalue weighted by molar-refractivity contribution is -0.137. The Kier molecular flexibility index (Phi) is 4.08. The number of carbonyl (C=O) groups is 1. The molecule has 0 atom stereocenters. The fraction of sp³-hybridized carbons (Fsp3) is 0.0833. The highest BCUT2D eigenvalue weighted by molar-refractivity contribution is 6.29. The first kappa shape index (κ1) is 15.2. The Morgan fingerprint density at radius 3 is 2.57 bits per heavy atom. The van der Waals surface area contributed by atoms with Gasteiger partial charge in [0, 0.05) is 0 Å². The van der Waals surface area contributed by atoms with Crippen LogP contribution in [0.4, 0.5) is 23.4 Å². The van der Waals surface area contributed by atoms with Crippen molar-refractivity contribution in [2.75, 3.05) is 5.32 Å². The van der Waals surface area contributed by atoms with Crippen molar-refractivity contribution in [2.24, 2.45) is 0 Å². The summed E-state index contributed by atoms with van der Waals surface area (Å²) >= 11 is 5.54. The molecule has 2 rings (SSSR count). The van der Waals surface area contributed by atoms with Gasteiger partial charge in [-0.05, 0) is 18.2 Å². The molecule has 1 aromatic heterocycles. The minimum absolute atomic E-state index is 0.0303. The van der Waals surface area contributed by atoms with E-state index in [0.29, 0.717) is 18.2 Å². The third-order valence-corrected chi connectivity index (χ3v) is 2.57. The lowest BCUT2D eigenvalue weighted by Gasteiger charge is -2.10. The maximum Gasteiger partial charge on any atom is 0.416 e. The van der Waals surface area contributed by atoms with Gasteiger partial charge in [0.15, 0.2) is 5.82 Å². The fourth-order valence-electron chi connectivity index (χ4n) is 1.46. The molecule has 0 saturated heterocycles. The summed E-state index contributed by atoms with van der Waals surface area (Å²) in [7, 11) is 0. The smallest absolute Gasteiger partial charge is 0.305 e. The molecule has 0 aliphatic rings. The van der Waals surface area contributed by atoms with Crippen molar-refractivity contribution >= 4 is 23.3 Å². The largest absolute Gasteiger partial charge is 0.416 e. The predicted molar refractivity (Wildman–Crippen MR) is 66.4 cm³/mol. The molecule has 0 radical (unpaired) electrons. The predicted octanol–water partition coefficient (Wildman–Crippen LogP) is 3.54. The average Bonchev–Trinajstić information content (AvgIpc) is 2.37. The monoisotopic (exact) mass is 319 g/mol. The second-order valence-electron chi connectivity index (χ2n) is 3.87. The summed E-state index contributed by atoms with van der Waals surface area (Å²) in [6, 6.07) is 1.54. The molecule has 2 aromatic rings. The number of carbonyl (C=O) groups excluding carboxylic acids is 1. The van der Waals surface area contributed by atoms with E-state index >= 15 is 0 Å². The minimum atomic E-state index is -4.68. The van der Waals surface area contributed by atoms with E-state index < -0.39 is 29.0 Å². The summed E-state index contributed by atoms with van der Waals surface area (Å²) in [6.07, 6.45) is -2.37. The Morgan fingerprint density at radius 2 is 1.95 bits per heavy atom. The molecule has 4 nitrogen and oxygen atoms in total. The number of aromatic nitrogens is 2. The fourth-order valence-corrected chi connectivity index (χ4v) is 1.61. The first-order valence-corrected chi connectivity index (χ1v) is 5.81. The van der Waals surface area contributed by atoms with Gasteiger partial charge in [0.1, 0.15) is 11.0 Å². The molecule has 1 amide bonds. The molecule has 21 heavy (non-hydrogen) atoms. The highest BCUT2D eigenvalue weighted by atomic mass is 35.5. The van der Waals surface area contributed by atoms with Gasteiger partial charge in [0.25, 0.3) is 5.91 Å². The van der Waals surface area contributed by atoms with Crippen molar-refractivity contribution in [3.8, 4) is 0 Å². The maximum atomic E-state index is 13.5. The highest BCUT2D eigenvalue weighted by Crippen LogP contribution is 2.30. The van der Waals surface area contributed by atoms with Crippen molar-refractivity contribution in [1.29, 1.82) is 0 Å². The average molecular weight is 320 g/mol. The van der Waals surface area contributed by atoms with E-state index in [2.05, 4.69) is 15.3 Å². The van der Waals surface area contributed by atoms with Crippen LogP contribution in [0.25, 0.3) is 0 Å². The molecule has 1 heterocycles. The Labute approximate surface area is 120 Å². The third-order valence-electron chi connectivity index (χ3n) is 2.39. The van der Waals surface area contributed by atoms with Crippen molar-refractivity contribution in [2.45, 2.75) is 6.18 Å². The van der Waals surface area contributed by atoms with Crippen LogP contribution in [-0.2, 0) is 6.18 Å². The van der Waals surface area contributed by atoms with Crippen LogP contribution in [0.15, 0.2) is 30.6 Å². The maximum absolute atomic E-state index is 13.5. The van der Waals surface area contributed by atoms with Gasteiger partial charge in [0.05, 0.1) is 23.5 Å². The lowest BCUT2D eigenvalue weighted by Crippen LogP contribution is -2.16. The highest BCUT2D eigenvalue weighted by Gasteiger charge is 2.32. The first-order valence-electron chi connectivity index (χ1n) is 5.43. The second-order valence-corrected chi connectivity index (χ2v) is 4.26. The van der Waals surface area contributed by atoms with Crippen LogP contribution in [-0.4, -0.2) is 15.9 Å². The minimum Gasteiger partial charge on any atom is -0.305 e. The molecule has 0 bridgehead atoms. The Hall–Kier alpha value is -2.22. The van der Waals surface area contributed by atoms with E-state index in [1.165, 1.54) is 6.20 Å². The molecular formula is C12H6ClF4N3O. The van der Waals surface area contributed by atoms with E-state index in [0.717, 1.165) is 6.20 Å². The van der Waals surface area contributed by atoms with E-state index in [4.69, 9.17) is 11.6 Å². The third kappa shape index (κ3) is 3.66. The Bertz CT molecular complexity index is 690. The number of alkyl halides is 3. The summed E-state index contributed by atoms with van der Waals surface area (Å²) in [5.74, 6) is -2.28. The number of hydrogen-bond donors (Lipinski definition) is 1. The van der Waals surface area contributed by atoms with Crippen molar-refractivity contribution in [3.05, 3.63) is 52.7 Å². The van der Waals surface area contributed by atoms with E-state index in [-0.39, 0.29) is 11.0 Å². The van der Waals surface area contributed by atoms with Gasteiger partial charge in [-0.2, -0.15) is 13.2 Å². The molecule has 1 N–H and O–H groups in total. The number of amides is 1. The quantitative estimate of drug-likeness (QED) is 0.861. The number of halogens is 5. The van der Waals surface area contributed by atoms with Gasteiger partial charge >= 0.3 is 6.18 Å². The topological polar surface area (TPSA) is 54.9 Å². The summed E-state index contributed by atoms with van der Waals surface area (Å²) in [5.41, 5.74) is -1.89. The molecule has 1 aromatic carbocycles. The van der Waals surface area contributed by atoms with Crippen molar-refractivity contribution in [1.82, 2.24) is 9.97 Å². The zero-order valence-electron chi connectivity index (χ0n) is 10.1. The summed E-state index contributed by atoms with van der Waals surface area (Å²) in [5, 5.41) is 2.08. The van der Waals surface area contributed by atoms with Crippen LogP contribution >= 0.6 is 11.6 Å². The molecule has 0 saturated carbocycles. The molecule has 0 aliphatic heterocycles. The van der Waals surface area contributed by atoms with Crippen LogP contribution in [0.1, 0.15) is 15.9 Å². The van der Waals surface area contributed by atoms with Gasteiger partial charge in [-0.25, -0.2) is 9.37 Å². The molecule has 9 heteroatoms. The van der Waals surface area contributed by atoms with Crippen LogP contribution in [0.3, 0.4) is 0 Å². The van der Waals surface area contributed by atoms with Crippen LogP contribution in [0.5, 0.6) is 0 Å². The molecule has 0 spiro atoms. The second kappa shape index (κ2) is 5.65. The lowest BCUT2D eigenvalue weighted by atomic mass is 10.1. The van der Waals surface area contributed by atoms with Gasteiger partial charge in [-0.15, -0.1) is 0 Å². The first-order chi connectivity index (χ1) is 9.77. The Balaban J connectivity index is 2.31. The summed E-state index contributed by atoms with van der Waals surface area (Å²) < 4.78 is 51.1. The SMILES string of the molecule is O=C(Nc1cncc(Cl)n1)c1cc(C(F)(F)F)ccc1F. The molecule has 0 unspecified atom stereocenters. The number of benzene rings is 1. The van der Waals surface area contributed by atoms with Crippen LogP contribution in [0.2, 0.25) is 5.15 Å². The number of anilines is 1. The van der Waals surface area contributed by atoms with Gasteiger partial charge in [0.2, 0.25) is 0 Å².